The summed E-state index contributed by atoms with van der Waals surface area (Å²) in [6, 6.07) is 3.02. The van der Waals surface area contributed by atoms with E-state index in [1.165, 1.54) is 6.07 Å². The van der Waals surface area contributed by atoms with Gasteiger partial charge in [0.2, 0.25) is 0 Å². The quantitative estimate of drug-likeness (QED) is 0.657. The Hall–Kier alpha value is -1.63. The minimum Gasteiger partial charge on any atom is -0.330 e. The summed E-state index contributed by atoms with van der Waals surface area (Å²) < 4.78 is 37.7. The number of benzene rings is 1. The first-order chi connectivity index (χ1) is 7.86. The fourth-order valence-electron chi connectivity index (χ4n) is 1.43. The molecule has 0 aromatic heterocycles. The first kappa shape index (κ1) is 13.4. The van der Waals surface area contributed by atoms with Crippen LogP contribution in [-0.2, 0) is 12.6 Å². The summed E-state index contributed by atoms with van der Waals surface area (Å²) in [5.41, 5.74) is 3.51. The zero-order valence-electron chi connectivity index (χ0n) is 8.83. The Labute approximate surface area is 95.4 Å². The zero-order valence-corrected chi connectivity index (χ0v) is 8.83. The molecule has 0 amide bonds. The molecular formula is C10H11F3N2O2. The number of nitrogens with zero attached hydrogens (tertiary/aromatic N) is 1. The van der Waals surface area contributed by atoms with Crippen molar-refractivity contribution in [1.29, 1.82) is 0 Å². The molecule has 1 rings (SSSR count). The normalized spacial score (nSPS) is 11.5. The first-order valence-electron chi connectivity index (χ1n) is 4.91. The summed E-state index contributed by atoms with van der Waals surface area (Å²) in [5, 5.41) is 10.5. The Morgan fingerprint density at radius 2 is 2.00 bits per heavy atom. The van der Waals surface area contributed by atoms with Gasteiger partial charge in [0.1, 0.15) is 5.56 Å². The lowest BCUT2D eigenvalue weighted by molar-refractivity contribution is -0.388. The van der Waals surface area contributed by atoms with Gasteiger partial charge in [0.25, 0.3) is 5.69 Å². The van der Waals surface area contributed by atoms with E-state index in [9.17, 15) is 23.3 Å². The third-order valence-electron chi connectivity index (χ3n) is 2.23. The molecule has 1 aromatic carbocycles. The summed E-state index contributed by atoms with van der Waals surface area (Å²) in [7, 11) is 0. The lowest BCUT2D eigenvalue weighted by Crippen LogP contribution is -2.10. The number of nitro benzene ring substituents is 1. The Bertz CT molecular complexity index is 419. The van der Waals surface area contributed by atoms with Gasteiger partial charge in [0.05, 0.1) is 4.92 Å². The van der Waals surface area contributed by atoms with Crippen molar-refractivity contribution in [3.05, 3.63) is 39.4 Å². The van der Waals surface area contributed by atoms with Crippen LogP contribution in [-0.4, -0.2) is 11.5 Å². The summed E-state index contributed by atoms with van der Waals surface area (Å²) in [6.45, 7) is 0.359. The minimum atomic E-state index is -4.72. The standard InChI is InChI=1S/C10H11F3N2O2/c11-10(12,13)8-6-7(2-1-5-14)3-4-9(8)15(16)17/h3-4,6H,1-2,5,14H2. The number of nitro groups is 1. The number of hydrogen-bond donors (Lipinski definition) is 1. The molecule has 2 N–H and O–H groups in total. The molecule has 1 aromatic rings. The second-order valence-corrected chi connectivity index (χ2v) is 3.50. The van der Waals surface area contributed by atoms with Crippen molar-refractivity contribution in [1.82, 2.24) is 0 Å². The van der Waals surface area contributed by atoms with Crippen molar-refractivity contribution >= 4 is 5.69 Å². The van der Waals surface area contributed by atoms with E-state index in [1.54, 1.807) is 0 Å². The van der Waals surface area contributed by atoms with Crippen molar-refractivity contribution in [2.75, 3.05) is 6.54 Å². The molecule has 0 aliphatic heterocycles. The van der Waals surface area contributed by atoms with Gasteiger partial charge in [0.15, 0.2) is 0 Å². The minimum absolute atomic E-state index is 0.359. The Morgan fingerprint density at radius 1 is 1.35 bits per heavy atom. The van der Waals surface area contributed by atoms with Crippen LogP contribution < -0.4 is 5.73 Å². The number of hydrogen-bond acceptors (Lipinski definition) is 3. The van der Waals surface area contributed by atoms with E-state index in [4.69, 9.17) is 5.73 Å². The van der Waals surface area contributed by atoms with E-state index in [2.05, 4.69) is 0 Å². The van der Waals surface area contributed by atoms with Crippen LogP contribution in [0.15, 0.2) is 18.2 Å². The second kappa shape index (κ2) is 5.13. The molecule has 0 spiro atoms. The van der Waals surface area contributed by atoms with Crippen LogP contribution in [0.2, 0.25) is 0 Å². The molecule has 17 heavy (non-hydrogen) atoms. The Balaban J connectivity index is 3.15. The second-order valence-electron chi connectivity index (χ2n) is 3.50. The average Bonchev–Trinajstić information content (AvgIpc) is 2.24. The van der Waals surface area contributed by atoms with Gasteiger partial charge in [-0.05, 0) is 31.0 Å². The Kier molecular flexibility index (Phi) is 4.06. The molecule has 0 saturated carbocycles. The summed E-state index contributed by atoms with van der Waals surface area (Å²) >= 11 is 0. The first-order valence-corrected chi connectivity index (χ1v) is 4.91. The number of nitrogens with two attached hydrogens (primary N) is 1. The van der Waals surface area contributed by atoms with Crippen molar-refractivity contribution in [3.63, 3.8) is 0 Å². The fraction of sp³-hybridized carbons (Fsp3) is 0.400. The maximum absolute atomic E-state index is 12.6. The number of halogens is 3. The van der Waals surface area contributed by atoms with Crippen molar-refractivity contribution in [2.45, 2.75) is 19.0 Å². The Morgan fingerprint density at radius 3 is 2.47 bits per heavy atom. The molecule has 0 radical (unpaired) electrons. The van der Waals surface area contributed by atoms with Crippen LogP contribution in [0.3, 0.4) is 0 Å². The van der Waals surface area contributed by atoms with Crippen LogP contribution in [0, 0.1) is 10.1 Å². The maximum atomic E-state index is 12.6. The highest BCUT2D eigenvalue weighted by Crippen LogP contribution is 2.36. The third-order valence-corrected chi connectivity index (χ3v) is 2.23. The van der Waals surface area contributed by atoms with Crippen LogP contribution >= 0.6 is 0 Å². The molecule has 0 aliphatic carbocycles. The van der Waals surface area contributed by atoms with Crippen LogP contribution in [0.4, 0.5) is 18.9 Å². The number of alkyl halides is 3. The predicted octanol–water partition coefficient (Wildman–Crippen LogP) is 2.50. The molecule has 4 nitrogen and oxygen atoms in total. The topological polar surface area (TPSA) is 69.2 Å². The smallest absolute Gasteiger partial charge is 0.330 e. The van der Waals surface area contributed by atoms with Gasteiger partial charge in [0, 0.05) is 6.07 Å². The summed E-state index contributed by atoms with van der Waals surface area (Å²) in [5.74, 6) is 0. The van der Waals surface area contributed by atoms with Crippen LogP contribution in [0.1, 0.15) is 17.5 Å². The van der Waals surface area contributed by atoms with E-state index in [1.807, 2.05) is 0 Å². The van der Waals surface area contributed by atoms with Crippen LogP contribution in [0.5, 0.6) is 0 Å². The van der Waals surface area contributed by atoms with Gasteiger partial charge in [-0.3, -0.25) is 10.1 Å². The van der Waals surface area contributed by atoms with E-state index in [-0.39, 0.29) is 0 Å². The molecule has 0 heterocycles. The van der Waals surface area contributed by atoms with Crippen molar-refractivity contribution in [2.24, 2.45) is 5.73 Å². The lowest BCUT2D eigenvalue weighted by Gasteiger charge is -2.09. The number of aryl methyl sites for hydroxylation is 1. The van der Waals surface area contributed by atoms with Crippen molar-refractivity contribution < 1.29 is 18.1 Å². The molecule has 0 saturated heterocycles. The predicted molar refractivity (Wildman–Crippen MR) is 55.5 cm³/mol. The molecule has 0 fully saturated rings. The molecule has 0 unspecified atom stereocenters. The molecule has 7 heteroatoms. The van der Waals surface area contributed by atoms with Gasteiger partial charge in [-0.25, -0.2) is 0 Å². The highest BCUT2D eigenvalue weighted by Gasteiger charge is 2.38. The van der Waals surface area contributed by atoms with Gasteiger partial charge >= 0.3 is 6.18 Å². The van der Waals surface area contributed by atoms with Crippen LogP contribution in [0.25, 0.3) is 0 Å². The highest BCUT2D eigenvalue weighted by atomic mass is 19.4. The summed E-state index contributed by atoms with van der Waals surface area (Å²) in [4.78, 5) is 9.45. The molecule has 0 bridgehead atoms. The fourth-order valence-corrected chi connectivity index (χ4v) is 1.43. The van der Waals surface area contributed by atoms with Gasteiger partial charge < -0.3 is 5.73 Å². The van der Waals surface area contributed by atoms with E-state index < -0.39 is 22.4 Å². The van der Waals surface area contributed by atoms with Gasteiger partial charge in [-0.15, -0.1) is 0 Å². The van der Waals surface area contributed by atoms with Crippen molar-refractivity contribution in [3.8, 4) is 0 Å². The summed E-state index contributed by atoms with van der Waals surface area (Å²) in [6.07, 6.45) is -3.81. The third kappa shape index (κ3) is 3.42. The van der Waals surface area contributed by atoms with E-state index in [0.29, 0.717) is 24.9 Å². The van der Waals surface area contributed by atoms with E-state index in [0.717, 1.165) is 12.1 Å². The molecule has 0 aliphatic rings. The maximum Gasteiger partial charge on any atom is 0.423 e. The zero-order chi connectivity index (χ0) is 13.1. The van der Waals surface area contributed by atoms with Gasteiger partial charge in [-0.1, -0.05) is 6.07 Å². The number of rotatable bonds is 4. The highest BCUT2D eigenvalue weighted by molar-refractivity contribution is 5.44. The van der Waals surface area contributed by atoms with E-state index >= 15 is 0 Å². The van der Waals surface area contributed by atoms with Gasteiger partial charge in [-0.2, -0.15) is 13.2 Å². The molecule has 0 atom stereocenters. The average molecular weight is 248 g/mol. The largest absolute Gasteiger partial charge is 0.423 e. The molecular weight excluding hydrogens is 237 g/mol. The SMILES string of the molecule is NCCCc1ccc([N+](=O)[O-])c(C(F)(F)F)c1. The molecule has 94 valence electrons. The lowest BCUT2D eigenvalue weighted by atomic mass is 10.0. The monoisotopic (exact) mass is 248 g/mol.